The fourth-order valence-electron chi connectivity index (χ4n) is 5.53. The zero-order valence-corrected chi connectivity index (χ0v) is 28.0. The molecule has 0 radical (unpaired) electrons. The summed E-state index contributed by atoms with van der Waals surface area (Å²) < 4.78 is 6.61. The molecule has 1 saturated heterocycles. The van der Waals surface area contributed by atoms with Gasteiger partial charge in [0.1, 0.15) is 21.4 Å². The number of aromatic amines is 2. The minimum atomic E-state index is -0.472. The molecule has 0 bridgehead atoms. The van der Waals surface area contributed by atoms with Gasteiger partial charge in [-0.2, -0.15) is 0 Å². The van der Waals surface area contributed by atoms with Crippen molar-refractivity contribution < 1.29 is 14.3 Å². The zero-order valence-electron chi connectivity index (χ0n) is 26.4. The molecule has 4 aromatic heterocycles. The van der Waals surface area contributed by atoms with E-state index in [1.54, 1.807) is 31.9 Å². The number of carbonyl (C=O) groups excluding carboxylic acids is 2. The number of Topliss-reactive ketones (excluding diaryl/α,β-unsaturated/α-hetero) is 2. The third-order valence-electron chi connectivity index (χ3n) is 8.01. The molecule has 1 atom stereocenters. The minimum Gasteiger partial charge on any atom is -0.360 e. The number of methoxy groups -OCH3 is 1. The average Bonchev–Trinajstić information content (AvgIpc) is 3.75. The van der Waals surface area contributed by atoms with E-state index in [9.17, 15) is 9.59 Å². The Kier molecular flexibility index (Phi) is 8.76. The summed E-state index contributed by atoms with van der Waals surface area (Å²) >= 11 is 3.25. The lowest BCUT2D eigenvalue weighted by Gasteiger charge is -2.40. The Morgan fingerprint density at radius 1 is 0.886 bits per heavy atom. The summed E-state index contributed by atoms with van der Waals surface area (Å²) in [6.45, 7) is 13.5. The lowest BCUT2D eigenvalue weighted by molar-refractivity contribution is -0.0848. The predicted octanol–water partition coefficient (Wildman–Crippen LogP) is 6.92. The number of likely N-dealkylation sites (tertiary alicyclic amines) is 1. The third kappa shape index (κ3) is 6.31. The van der Waals surface area contributed by atoms with Gasteiger partial charge in [-0.1, -0.05) is 53.7 Å². The van der Waals surface area contributed by atoms with Crippen LogP contribution in [0.25, 0.3) is 27.9 Å². The molecule has 6 rings (SSSR count). The molecule has 10 nitrogen and oxygen atoms in total. The topological polar surface area (TPSA) is 130 Å². The number of nitrogens with one attached hydrogen (secondary N) is 2. The Morgan fingerprint density at radius 3 is 1.98 bits per heavy atom. The molecule has 1 unspecified atom stereocenters. The van der Waals surface area contributed by atoms with Gasteiger partial charge in [-0.25, -0.2) is 19.9 Å². The van der Waals surface area contributed by atoms with Gasteiger partial charge in [-0.05, 0) is 40.4 Å². The summed E-state index contributed by atoms with van der Waals surface area (Å²) in [6.07, 6.45) is 16.1. The van der Waals surface area contributed by atoms with Crippen LogP contribution >= 0.6 is 15.9 Å². The molecular weight excluding hydrogens is 622 g/mol. The van der Waals surface area contributed by atoms with Gasteiger partial charge in [0.25, 0.3) is 0 Å². The summed E-state index contributed by atoms with van der Waals surface area (Å²) in [5, 5.41) is 0. The van der Waals surface area contributed by atoms with E-state index in [-0.39, 0.29) is 11.6 Å². The SMILES string of the molecule is CC(C)(C)C(=O)c1c[nH]c2ncc(Br)nc12.COC1(N2CCCC2)C=CC=C(c2cnc3[nH]cc(C(=O)C(C)(C)C)c3n2)C1. The number of nitrogens with zero attached hydrogens (tertiary/aromatic N) is 5. The summed E-state index contributed by atoms with van der Waals surface area (Å²) in [5.74, 6) is 0.122. The first-order chi connectivity index (χ1) is 20.7. The molecule has 232 valence electrons. The number of hydrogen-bond acceptors (Lipinski definition) is 8. The van der Waals surface area contributed by atoms with Crippen LogP contribution in [0.3, 0.4) is 0 Å². The molecule has 5 heterocycles. The predicted molar refractivity (Wildman–Crippen MR) is 175 cm³/mol. The van der Waals surface area contributed by atoms with Crippen LogP contribution in [-0.2, 0) is 4.74 Å². The molecule has 1 fully saturated rings. The van der Waals surface area contributed by atoms with E-state index < -0.39 is 16.6 Å². The van der Waals surface area contributed by atoms with Gasteiger partial charge >= 0.3 is 0 Å². The van der Waals surface area contributed by atoms with Gasteiger partial charge in [0.15, 0.2) is 22.9 Å². The van der Waals surface area contributed by atoms with Crippen molar-refractivity contribution in [3.05, 3.63) is 64.4 Å². The molecule has 11 heteroatoms. The summed E-state index contributed by atoms with van der Waals surface area (Å²) in [6, 6.07) is 0. The van der Waals surface area contributed by atoms with E-state index >= 15 is 0 Å². The standard InChI is InChI=1S/C22H28N4O2.C11H12BrN3O/c1-21(2,3)19(27)16-13-23-20-18(16)25-17(14-24-20)15-8-7-9-22(12-15,28-4)26-10-5-6-11-26;1-11(2,3)9(16)6-4-13-10-8(6)15-7(12)5-14-10/h7-9,13-14H,5-6,10-12H2,1-4H3,(H,23,24);4-5H,1-3H3,(H,13,14). The highest BCUT2D eigenvalue weighted by atomic mass is 79.9. The van der Waals surface area contributed by atoms with Crippen LogP contribution in [0.4, 0.5) is 0 Å². The molecule has 0 amide bonds. The number of H-pyrrole nitrogens is 2. The van der Waals surface area contributed by atoms with Crippen LogP contribution in [0.5, 0.6) is 0 Å². The molecule has 4 aromatic rings. The number of ketones is 2. The highest BCUT2D eigenvalue weighted by molar-refractivity contribution is 9.10. The normalized spacial score (nSPS) is 19.2. The van der Waals surface area contributed by atoms with Crippen molar-refractivity contribution in [2.45, 2.75) is 66.5 Å². The fourth-order valence-corrected chi connectivity index (χ4v) is 5.81. The lowest BCUT2D eigenvalue weighted by atomic mass is 9.87. The average molecular weight is 663 g/mol. The lowest BCUT2D eigenvalue weighted by Crippen LogP contribution is -2.48. The maximum absolute atomic E-state index is 12.8. The molecule has 0 aromatic carbocycles. The number of fused-ring (bicyclic) bond motifs is 2. The Bertz CT molecular complexity index is 1770. The van der Waals surface area contributed by atoms with Crippen molar-refractivity contribution in [1.82, 2.24) is 34.8 Å². The van der Waals surface area contributed by atoms with Crippen molar-refractivity contribution in [2.24, 2.45) is 10.8 Å². The van der Waals surface area contributed by atoms with E-state index in [0.29, 0.717) is 44.5 Å². The molecule has 1 aliphatic carbocycles. The van der Waals surface area contributed by atoms with E-state index in [4.69, 9.17) is 9.72 Å². The van der Waals surface area contributed by atoms with Gasteiger partial charge < -0.3 is 14.7 Å². The third-order valence-corrected chi connectivity index (χ3v) is 8.39. The Hall–Kier alpha value is -3.54. The van der Waals surface area contributed by atoms with Crippen molar-refractivity contribution in [3.8, 4) is 0 Å². The number of halogens is 1. The summed E-state index contributed by atoms with van der Waals surface area (Å²) in [7, 11) is 1.77. The second-order valence-electron chi connectivity index (χ2n) is 13.4. The van der Waals surface area contributed by atoms with E-state index in [1.165, 1.54) is 12.8 Å². The van der Waals surface area contributed by atoms with E-state index in [0.717, 1.165) is 24.4 Å². The van der Waals surface area contributed by atoms with Gasteiger partial charge in [-0.3, -0.25) is 14.5 Å². The highest BCUT2D eigenvalue weighted by Gasteiger charge is 2.38. The van der Waals surface area contributed by atoms with Crippen molar-refractivity contribution >= 4 is 55.4 Å². The number of hydrogen-bond donors (Lipinski definition) is 2. The van der Waals surface area contributed by atoms with Gasteiger partial charge in [0.2, 0.25) is 0 Å². The first-order valence-corrected chi connectivity index (χ1v) is 15.6. The fraction of sp³-hybridized carbons (Fsp3) is 0.455. The second kappa shape index (κ2) is 12.1. The zero-order chi connectivity index (χ0) is 31.9. The second-order valence-corrected chi connectivity index (χ2v) is 14.2. The van der Waals surface area contributed by atoms with Crippen molar-refractivity contribution in [1.29, 1.82) is 0 Å². The first kappa shape index (κ1) is 31.9. The van der Waals surface area contributed by atoms with Crippen molar-refractivity contribution in [3.63, 3.8) is 0 Å². The van der Waals surface area contributed by atoms with Crippen LogP contribution in [0.15, 0.2) is 47.6 Å². The van der Waals surface area contributed by atoms with Gasteiger partial charge in [0, 0.05) is 49.8 Å². The largest absolute Gasteiger partial charge is 0.360 e. The Morgan fingerprint density at radius 2 is 1.43 bits per heavy atom. The molecule has 44 heavy (non-hydrogen) atoms. The molecule has 2 aliphatic rings. The maximum Gasteiger partial charge on any atom is 0.171 e. The summed E-state index contributed by atoms with van der Waals surface area (Å²) in [4.78, 5) is 51.2. The Balaban J connectivity index is 0.000000204. The van der Waals surface area contributed by atoms with Crippen LogP contribution < -0.4 is 0 Å². The monoisotopic (exact) mass is 661 g/mol. The molecule has 0 saturated carbocycles. The number of allylic oxidation sites excluding steroid dienone is 2. The summed E-state index contributed by atoms with van der Waals surface area (Å²) in [5.41, 5.74) is 4.26. The van der Waals surface area contributed by atoms with Gasteiger partial charge in [0.05, 0.1) is 29.2 Å². The van der Waals surface area contributed by atoms with Crippen LogP contribution in [0, 0.1) is 10.8 Å². The van der Waals surface area contributed by atoms with Crippen molar-refractivity contribution in [2.75, 3.05) is 20.2 Å². The van der Waals surface area contributed by atoms with Gasteiger partial charge in [-0.15, -0.1) is 0 Å². The number of rotatable bonds is 5. The number of ether oxygens (including phenoxy) is 1. The van der Waals surface area contributed by atoms with E-state index in [1.807, 2.05) is 47.6 Å². The highest BCUT2D eigenvalue weighted by Crippen LogP contribution is 2.37. The first-order valence-electron chi connectivity index (χ1n) is 14.9. The number of carbonyl (C=O) groups is 2. The molecule has 0 spiro atoms. The molecule has 2 N–H and O–H groups in total. The Labute approximate surface area is 265 Å². The van der Waals surface area contributed by atoms with E-state index in [2.05, 4.69) is 57.9 Å². The molecule has 1 aliphatic heterocycles. The molecular formula is C33H40BrN7O3. The number of aromatic nitrogens is 6. The minimum absolute atomic E-state index is 0.0611. The van der Waals surface area contributed by atoms with Crippen LogP contribution in [0.1, 0.15) is 87.2 Å². The quantitative estimate of drug-likeness (QED) is 0.221. The van der Waals surface area contributed by atoms with Crippen LogP contribution in [0.2, 0.25) is 0 Å². The van der Waals surface area contributed by atoms with Crippen LogP contribution in [-0.4, -0.2) is 72.3 Å². The maximum atomic E-state index is 12.8. The smallest absolute Gasteiger partial charge is 0.171 e.